The van der Waals surface area contributed by atoms with Gasteiger partial charge in [-0.05, 0) is 36.8 Å². The van der Waals surface area contributed by atoms with Crippen LogP contribution in [0.1, 0.15) is 11.1 Å². The Labute approximate surface area is 171 Å². The summed E-state index contributed by atoms with van der Waals surface area (Å²) >= 11 is 12.3. The first kappa shape index (κ1) is 19.4. The lowest BCUT2D eigenvalue weighted by Gasteiger charge is -2.14. The van der Waals surface area contributed by atoms with Crippen molar-refractivity contribution >= 4 is 63.5 Å². The highest BCUT2D eigenvalue weighted by atomic mass is 35.5. The number of nitrogens with zero attached hydrogens (tertiary/aromatic N) is 1. The first-order chi connectivity index (χ1) is 12.8. The van der Waals surface area contributed by atoms with Crippen molar-refractivity contribution in [2.45, 2.75) is 6.92 Å². The molecule has 2 amide bonds. The van der Waals surface area contributed by atoms with Crippen LogP contribution in [-0.2, 0) is 9.59 Å². The van der Waals surface area contributed by atoms with Gasteiger partial charge in [0.1, 0.15) is 16.6 Å². The van der Waals surface area contributed by atoms with Crippen LogP contribution in [0.4, 0.5) is 5.69 Å². The van der Waals surface area contributed by atoms with Gasteiger partial charge in [0.05, 0.1) is 10.6 Å². The molecule has 0 aliphatic carbocycles. The third kappa shape index (κ3) is 4.68. The molecule has 2 N–H and O–H groups in total. The minimum absolute atomic E-state index is 0.113. The fraction of sp³-hybridized carbons (Fsp3) is 0.105. The van der Waals surface area contributed by atoms with Gasteiger partial charge in [0.15, 0.2) is 0 Å². The average molecular weight is 419 g/mol. The summed E-state index contributed by atoms with van der Waals surface area (Å²) in [4.78, 5) is 26.6. The molecule has 0 radical (unpaired) electrons. The smallest absolute Gasteiger partial charge is 0.266 e. The Hall–Kier alpha value is -2.35. The van der Waals surface area contributed by atoms with Gasteiger partial charge < -0.3 is 10.4 Å². The van der Waals surface area contributed by atoms with Gasteiger partial charge >= 0.3 is 0 Å². The maximum Gasteiger partial charge on any atom is 0.266 e. The molecule has 0 spiro atoms. The van der Waals surface area contributed by atoms with Gasteiger partial charge in [-0.3, -0.25) is 14.5 Å². The second-order valence-corrected chi connectivity index (χ2v) is 8.00. The minimum atomic E-state index is -0.485. The zero-order valence-corrected chi connectivity index (χ0v) is 16.6. The van der Waals surface area contributed by atoms with Crippen LogP contribution in [0.25, 0.3) is 6.08 Å². The number of carbonyl (C=O) groups excluding carboxylic acids is 2. The number of phenolic OH excluding ortho intramolecular Hbond substituents is 1. The molecule has 2 aromatic rings. The van der Waals surface area contributed by atoms with E-state index in [2.05, 4.69) is 5.32 Å². The molecule has 0 saturated carbocycles. The molecule has 5 nitrogen and oxygen atoms in total. The highest BCUT2D eigenvalue weighted by Crippen LogP contribution is 2.33. The second-order valence-electron chi connectivity index (χ2n) is 5.89. The number of nitrogens with one attached hydrogen (secondary N) is 1. The summed E-state index contributed by atoms with van der Waals surface area (Å²) in [5, 5.41) is 12.7. The molecule has 1 fully saturated rings. The lowest BCUT2D eigenvalue weighted by Crippen LogP contribution is -2.36. The number of amides is 2. The fourth-order valence-corrected chi connectivity index (χ4v) is 3.92. The number of anilines is 1. The Morgan fingerprint density at radius 1 is 1.33 bits per heavy atom. The van der Waals surface area contributed by atoms with Crippen LogP contribution >= 0.6 is 35.6 Å². The summed E-state index contributed by atoms with van der Waals surface area (Å²) in [5.74, 6) is -0.921. The monoisotopic (exact) mass is 418 g/mol. The summed E-state index contributed by atoms with van der Waals surface area (Å²) in [6, 6.07) is 12.0. The summed E-state index contributed by atoms with van der Waals surface area (Å²) in [6.45, 7) is 1.72. The van der Waals surface area contributed by atoms with Crippen molar-refractivity contribution in [3.05, 3.63) is 63.5 Å². The van der Waals surface area contributed by atoms with Crippen LogP contribution in [0.5, 0.6) is 5.75 Å². The van der Waals surface area contributed by atoms with Crippen LogP contribution in [0.2, 0.25) is 5.02 Å². The minimum Gasteiger partial charge on any atom is -0.506 e. The Morgan fingerprint density at radius 3 is 2.85 bits per heavy atom. The zero-order chi connectivity index (χ0) is 19.6. The summed E-state index contributed by atoms with van der Waals surface area (Å²) in [5.41, 5.74) is 2.15. The summed E-state index contributed by atoms with van der Waals surface area (Å²) in [6.07, 6.45) is 1.76. The van der Waals surface area contributed by atoms with E-state index in [1.807, 2.05) is 31.2 Å². The number of carbonyl (C=O) groups is 2. The van der Waals surface area contributed by atoms with Crippen molar-refractivity contribution in [2.75, 3.05) is 11.9 Å². The van der Waals surface area contributed by atoms with Crippen molar-refractivity contribution in [3.63, 3.8) is 0 Å². The molecule has 0 unspecified atom stereocenters. The maximum absolute atomic E-state index is 12.6. The Kier molecular flexibility index (Phi) is 5.84. The van der Waals surface area contributed by atoms with E-state index in [1.165, 1.54) is 23.1 Å². The van der Waals surface area contributed by atoms with E-state index in [4.69, 9.17) is 23.8 Å². The maximum atomic E-state index is 12.6. The molecular weight excluding hydrogens is 404 g/mol. The van der Waals surface area contributed by atoms with Crippen LogP contribution in [-0.4, -0.2) is 32.7 Å². The molecule has 8 heteroatoms. The van der Waals surface area contributed by atoms with E-state index < -0.39 is 5.91 Å². The van der Waals surface area contributed by atoms with Crippen molar-refractivity contribution in [2.24, 2.45) is 0 Å². The van der Waals surface area contributed by atoms with Crippen molar-refractivity contribution < 1.29 is 14.7 Å². The highest BCUT2D eigenvalue weighted by molar-refractivity contribution is 8.26. The Morgan fingerprint density at radius 2 is 2.11 bits per heavy atom. The van der Waals surface area contributed by atoms with E-state index in [0.717, 1.165) is 22.9 Å². The quantitative estimate of drug-likeness (QED) is 0.442. The molecule has 0 bridgehead atoms. The molecular formula is C19H15ClN2O3S2. The predicted molar refractivity (Wildman–Crippen MR) is 113 cm³/mol. The van der Waals surface area contributed by atoms with E-state index in [1.54, 1.807) is 6.08 Å². The molecule has 1 aliphatic rings. The predicted octanol–water partition coefficient (Wildman–Crippen LogP) is 4.19. The van der Waals surface area contributed by atoms with Crippen LogP contribution in [0, 0.1) is 6.92 Å². The number of phenols is 1. The molecule has 0 atom stereocenters. The summed E-state index contributed by atoms with van der Waals surface area (Å²) < 4.78 is 0.310. The SMILES string of the molecule is Cc1cccc(/C=C2\SC(=S)N(CC(=O)Nc3cc(Cl)ccc3O)C2=O)c1. The largest absolute Gasteiger partial charge is 0.506 e. The van der Waals surface area contributed by atoms with Gasteiger partial charge in [-0.15, -0.1) is 0 Å². The third-order valence-electron chi connectivity index (χ3n) is 3.75. The summed E-state index contributed by atoms with van der Waals surface area (Å²) in [7, 11) is 0. The number of hydrogen-bond acceptors (Lipinski definition) is 5. The number of thiocarbonyl (C=S) groups is 1. The lowest BCUT2D eigenvalue weighted by molar-refractivity contribution is -0.126. The molecule has 2 aromatic carbocycles. The standard InChI is InChI=1S/C19H15ClN2O3S2/c1-11-3-2-4-12(7-11)8-16-18(25)22(19(26)27-16)10-17(24)21-14-9-13(20)5-6-15(14)23/h2-9,23H,10H2,1H3,(H,21,24)/b16-8-. The number of aryl methyl sites for hydroxylation is 1. The molecule has 27 heavy (non-hydrogen) atoms. The Bertz CT molecular complexity index is 975. The van der Waals surface area contributed by atoms with Gasteiger partial charge in [0, 0.05) is 5.02 Å². The molecule has 1 heterocycles. The molecule has 1 saturated heterocycles. The van der Waals surface area contributed by atoms with E-state index >= 15 is 0 Å². The number of hydrogen-bond donors (Lipinski definition) is 2. The number of aromatic hydroxyl groups is 1. The van der Waals surface area contributed by atoms with Crippen LogP contribution < -0.4 is 5.32 Å². The van der Waals surface area contributed by atoms with Gasteiger partial charge in [-0.1, -0.05) is 65.4 Å². The zero-order valence-electron chi connectivity index (χ0n) is 14.2. The molecule has 0 aromatic heterocycles. The third-order valence-corrected chi connectivity index (χ3v) is 5.36. The molecule has 3 rings (SSSR count). The average Bonchev–Trinajstić information content (AvgIpc) is 2.86. The van der Waals surface area contributed by atoms with E-state index in [9.17, 15) is 14.7 Å². The number of rotatable bonds is 4. The van der Waals surface area contributed by atoms with Gasteiger partial charge in [0.25, 0.3) is 5.91 Å². The number of halogens is 1. The van der Waals surface area contributed by atoms with Crippen molar-refractivity contribution in [1.29, 1.82) is 0 Å². The fourth-order valence-electron chi connectivity index (χ4n) is 2.49. The van der Waals surface area contributed by atoms with Gasteiger partial charge in [-0.25, -0.2) is 0 Å². The van der Waals surface area contributed by atoms with Crippen LogP contribution in [0.3, 0.4) is 0 Å². The molecule has 138 valence electrons. The highest BCUT2D eigenvalue weighted by Gasteiger charge is 2.33. The first-order valence-electron chi connectivity index (χ1n) is 7.94. The number of benzene rings is 2. The lowest BCUT2D eigenvalue weighted by atomic mass is 10.1. The van der Waals surface area contributed by atoms with Crippen molar-refractivity contribution in [1.82, 2.24) is 4.90 Å². The van der Waals surface area contributed by atoms with Crippen molar-refractivity contribution in [3.8, 4) is 5.75 Å². The van der Waals surface area contributed by atoms with E-state index in [0.29, 0.717) is 14.2 Å². The number of thioether (sulfide) groups is 1. The normalized spacial score (nSPS) is 15.5. The second kappa shape index (κ2) is 8.12. The van der Waals surface area contributed by atoms with Gasteiger partial charge in [0.2, 0.25) is 5.91 Å². The first-order valence-corrected chi connectivity index (χ1v) is 9.54. The van der Waals surface area contributed by atoms with E-state index in [-0.39, 0.29) is 23.9 Å². The van der Waals surface area contributed by atoms with Crippen LogP contribution in [0.15, 0.2) is 47.4 Å². The topological polar surface area (TPSA) is 69.6 Å². The Balaban J connectivity index is 1.72. The molecule has 1 aliphatic heterocycles. The van der Waals surface area contributed by atoms with Gasteiger partial charge in [-0.2, -0.15) is 0 Å².